The van der Waals surface area contributed by atoms with Gasteiger partial charge >= 0.3 is 5.97 Å². The van der Waals surface area contributed by atoms with E-state index in [0.717, 1.165) is 16.2 Å². The predicted molar refractivity (Wildman–Crippen MR) is 66.7 cm³/mol. The number of nitrogens with zero attached hydrogens (tertiary/aromatic N) is 2. The van der Waals surface area contributed by atoms with Crippen LogP contribution in [0.15, 0.2) is 30.6 Å². The number of fused-ring (bicyclic) bond motifs is 1. The van der Waals surface area contributed by atoms with Gasteiger partial charge in [0.2, 0.25) is 0 Å². The van der Waals surface area contributed by atoms with Gasteiger partial charge in [-0.15, -0.1) is 11.3 Å². The number of carbonyl (C=O) groups excluding carboxylic acids is 2. The molecule has 3 rings (SSSR count). The van der Waals surface area contributed by atoms with Crippen LogP contribution in [0.3, 0.4) is 0 Å². The van der Waals surface area contributed by atoms with Crippen LogP contribution in [0.4, 0.5) is 5.00 Å². The topological polar surface area (TPSA) is 87.6 Å². The van der Waals surface area contributed by atoms with Crippen molar-refractivity contribution in [1.29, 1.82) is 0 Å². The van der Waals surface area contributed by atoms with Crippen LogP contribution in [0.2, 0.25) is 0 Å². The summed E-state index contributed by atoms with van der Waals surface area (Å²) in [4.78, 5) is 39.9. The summed E-state index contributed by atoms with van der Waals surface area (Å²) in [5.41, 5.74) is 0.517. The van der Waals surface area contributed by atoms with E-state index in [0.29, 0.717) is 5.00 Å². The fourth-order valence-corrected chi connectivity index (χ4v) is 2.69. The van der Waals surface area contributed by atoms with E-state index < -0.39 is 17.8 Å². The molecule has 0 unspecified atom stereocenters. The SMILES string of the molecule is O=C(O)c1ccc(N2C(=O)c3ccncc3C2=O)s1. The molecule has 0 atom stereocenters. The number of imide groups is 1. The first-order valence-electron chi connectivity index (χ1n) is 5.25. The van der Waals surface area contributed by atoms with E-state index in [1.54, 1.807) is 0 Å². The lowest BCUT2D eigenvalue weighted by Gasteiger charge is -2.09. The first-order chi connectivity index (χ1) is 9.09. The molecule has 2 aromatic heterocycles. The van der Waals surface area contributed by atoms with E-state index in [1.165, 1.54) is 30.6 Å². The lowest BCUT2D eigenvalue weighted by atomic mass is 10.2. The standard InChI is InChI=1S/C12H6N2O4S/c15-10-6-3-4-13-5-7(6)11(16)14(10)9-2-1-8(19-9)12(17)18/h1-5H,(H,17,18). The average Bonchev–Trinajstić information content (AvgIpc) is 2.96. The smallest absolute Gasteiger partial charge is 0.345 e. The number of amides is 2. The van der Waals surface area contributed by atoms with E-state index in [9.17, 15) is 14.4 Å². The summed E-state index contributed by atoms with van der Waals surface area (Å²) in [5.74, 6) is -2.03. The lowest BCUT2D eigenvalue weighted by Crippen LogP contribution is -2.28. The van der Waals surface area contributed by atoms with Gasteiger partial charge in [-0.05, 0) is 18.2 Å². The summed E-state index contributed by atoms with van der Waals surface area (Å²) in [5, 5.41) is 9.15. The second-order valence-corrected chi connectivity index (χ2v) is 4.87. The van der Waals surface area contributed by atoms with E-state index in [-0.39, 0.29) is 16.0 Å². The van der Waals surface area contributed by atoms with Gasteiger partial charge in [0.15, 0.2) is 0 Å². The van der Waals surface area contributed by atoms with E-state index in [4.69, 9.17) is 5.11 Å². The molecule has 1 aliphatic heterocycles. The van der Waals surface area contributed by atoms with Gasteiger partial charge in [-0.3, -0.25) is 14.6 Å². The van der Waals surface area contributed by atoms with Crippen LogP contribution in [0, 0.1) is 0 Å². The maximum absolute atomic E-state index is 12.1. The fraction of sp³-hybridized carbons (Fsp3) is 0. The number of hydrogen-bond acceptors (Lipinski definition) is 5. The number of aromatic nitrogens is 1. The molecule has 0 aliphatic carbocycles. The Labute approximate surface area is 110 Å². The molecule has 2 amide bonds. The minimum atomic E-state index is -1.09. The quantitative estimate of drug-likeness (QED) is 0.841. The third kappa shape index (κ3) is 1.63. The predicted octanol–water partition coefficient (Wildman–Crippen LogP) is 1.64. The van der Waals surface area contributed by atoms with Crippen molar-refractivity contribution >= 4 is 34.1 Å². The first-order valence-corrected chi connectivity index (χ1v) is 6.07. The van der Waals surface area contributed by atoms with E-state index in [1.807, 2.05) is 0 Å². The lowest BCUT2D eigenvalue weighted by molar-refractivity contribution is 0.0701. The van der Waals surface area contributed by atoms with Gasteiger partial charge < -0.3 is 5.11 Å². The number of pyridine rings is 1. The number of rotatable bonds is 2. The molecule has 7 heteroatoms. The van der Waals surface area contributed by atoms with Gasteiger partial charge in [0, 0.05) is 12.4 Å². The zero-order valence-electron chi connectivity index (χ0n) is 9.36. The van der Waals surface area contributed by atoms with E-state index >= 15 is 0 Å². The maximum atomic E-state index is 12.1. The van der Waals surface area contributed by atoms with Gasteiger partial charge in [0.05, 0.1) is 11.1 Å². The molecule has 6 nitrogen and oxygen atoms in total. The van der Waals surface area contributed by atoms with Crippen molar-refractivity contribution in [3.8, 4) is 0 Å². The second kappa shape index (κ2) is 3.99. The Bertz CT molecular complexity index is 687. The average molecular weight is 274 g/mol. The molecule has 0 radical (unpaired) electrons. The number of anilines is 1. The molecule has 0 saturated heterocycles. The van der Waals surface area contributed by atoms with Gasteiger partial charge in [-0.2, -0.15) is 0 Å². The summed E-state index contributed by atoms with van der Waals surface area (Å²) < 4.78 is 0. The van der Waals surface area contributed by atoms with Gasteiger partial charge in [0.1, 0.15) is 9.88 Å². The van der Waals surface area contributed by atoms with Crippen molar-refractivity contribution in [3.63, 3.8) is 0 Å². The molecule has 0 spiro atoms. The molecular formula is C12H6N2O4S. The van der Waals surface area contributed by atoms with E-state index in [2.05, 4.69) is 4.98 Å². The van der Waals surface area contributed by atoms with Crippen molar-refractivity contribution in [2.24, 2.45) is 0 Å². The molecule has 1 aliphatic rings. The minimum Gasteiger partial charge on any atom is -0.477 e. The van der Waals surface area contributed by atoms with Crippen molar-refractivity contribution < 1.29 is 19.5 Å². The van der Waals surface area contributed by atoms with Crippen molar-refractivity contribution in [2.75, 3.05) is 4.90 Å². The Kier molecular flexibility index (Phi) is 2.42. The molecule has 1 N–H and O–H groups in total. The fourth-order valence-electron chi connectivity index (χ4n) is 1.85. The van der Waals surface area contributed by atoms with Crippen molar-refractivity contribution in [1.82, 2.24) is 4.98 Å². The summed E-state index contributed by atoms with van der Waals surface area (Å²) in [6, 6.07) is 4.29. The molecular weight excluding hydrogens is 268 g/mol. The van der Waals surface area contributed by atoms with Gasteiger partial charge in [0.25, 0.3) is 11.8 Å². The highest BCUT2D eigenvalue weighted by Crippen LogP contribution is 2.32. The van der Waals surface area contributed by atoms with Crippen LogP contribution in [-0.4, -0.2) is 27.9 Å². The highest BCUT2D eigenvalue weighted by Gasteiger charge is 2.37. The number of aromatic carboxylic acids is 1. The third-order valence-corrected chi connectivity index (χ3v) is 3.77. The largest absolute Gasteiger partial charge is 0.477 e. The molecule has 0 saturated carbocycles. The third-order valence-electron chi connectivity index (χ3n) is 2.71. The number of carboxylic acids is 1. The Hall–Kier alpha value is -2.54. The van der Waals surface area contributed by atoms with Gasteiger partial charge in [-0.1, -0.05) is 0 Å². The zero-order valence-corrected chi connectivity index (χ0v) is 10.2. The minimum absolute atomic E-state index is 0.0738. The monoisotopic (exact) mass is 274 g/mol. The molecule has 0 bridgehead atoms. The second-order valence-electron chi connectivity index (χ2n) is 3.81. The molecule has 2 aromatic rings. The van der Waals surface area contributed by atoms with Crippen molar-refractivity contribution in [3.05, 3.63) is 46.6 Å². The molecule has 0 fully saturated rings. The van der Waals surface area contributed by atoms with Gasteiger partial charge in [-0.25, -0.2) is 9.69 Å². The Balaban J connectivity index is 2.06. The number of hydrogen-bond donors (Lipinski definition) is 1. The van der Waals surface area contributed by atoms with Crippen LogP contribution in [0.5, 0.6) is 0 Å². The van der Waals surface area contributed by atoms with Crippen molar-refractivity contribution in [2.45, 2.75) is 0 Å². The Morgan fingerprint density at radius 1 is 1.16 bits per heavy atom. The van der Waals surface area contributed by atoms with Crippen LogP contribution < -0.4 is 4.90 Å². The highest BCUT2D eigenvalue weighted by atomic mass is 32.1. The molecule has 94 valence electrons. The normalized spacial score (nSPS) is 13.8. The number of thiophene rings is 1. The maximum Gasteiger partial charge on any atom is 0.345 e. The number of carbonyl (C=O) groups is 3. The summed E-state index contributed by atoms with van der Waals surface area (Å²) in [6.45, 7) is 0. The molecule has 19 heavy (non-hydrogen) atoms. The Morgan fingerprint density at radius 3 is 2.53 bits per heavy atom. The molecule has 0 aromatic carbocycles. The Morgan fingerprint density at radius 2 is 1.89 bits per heavy atom. The summed E-state index contributed by atoms with van der Waals surface area (Å²) in [7, 11) is 0. The highest BCUT2D eigenvalue weighted by molar-refractivity contribution is 7.18. The summed E-state index contributed by atoms with van der Waals surface area (Å²) >= 11 is 0.881. The number of carboxylic acid groups (broad SMARTS) is 1. The zero-order chi connectivity index (χ0) is 13.6. The van der Waals surface area contributed by atoms with Crippen LogP contribution >= 0.6 is 11.3 Å². The molecule has 3 heterocycles. The summed E-state index contributed by atoms with van der Waals surface area (Å²) in [6.07, 6.45) is 2.77. The first kappa shape index (κ1) is 11.5. The van der Waals surface area contributed by atoms with Crippen LogP contribution in [-0.2, 0) is 0 Å². The van der Waals surface area contributed by atoms with Crippen LogP contribution in [0.1, 0.15) is 30.4 Å². The van der Waals surface area contributed by atoms with Crippen LogP contribution in [0.25, 0.3) is 0 Å².